The fraction of sp³-hybridized carbons (Fsp3) is 0.438. The van der Waals surface area contributed by atoms with E-state index in [0.717, 1.165) is 18.5 Å². The van der Waals surface area contributed by atoms with E-state index >= 15 is 0 Å². The van der Waals surface area contributed by atoms with Gasteiger partial charge in [-0.05, 0) is 27.2 Å². The highest BCUT2D eigenvalue weighted by Gasteiger charge is 2.10. The summed E-state index contributed by atoms with van der Waals surface area (Å²) in [6.45, 7) is 8.88. The lowest BCUT2D eigenvalue weighted by Crippen LogP contribution is -2.12. The summed E-state index contributed by atoms with van der Waals surface area (Å²) in [6.07, 6.45) is 1.03. The SMILES string of the molecule is CCCNc1nc(OC(C)C)nc(-c2ccc(C)cc2)n1. The molecule has 2 aromatic rings. The third-order valence-electron chi connectivity index (χ3n) is 2.80. The van der Waals surface area contributed by atoms with Crippen molar-refractivity contribution in [3.05, 3.63) is 29.8 Å². The van der Waals surface area contributed by atoms with Crippen molar-refractivity contribution in [2.45, 2.75) is 40.2 Å². The molecular formula is C16H22N4O. The third-order valence-corrected chi connectivity index (χ3v) is 2.80. The normalized spacial score (nSPS) is 10.7. The third kappa shape index (κ3) is 4.41. The second-order valence-corrected chi connectivity index (χ2v) is 5.22. The molecule has 0 aliphatic rings. The van der Waals surface area contributed by atoms with Gasteiger partial charge in [0.1, 0.15) is 0 Å². The van der Waals surface area contributed by atoms with Gasteiger partial charge in [0.2, 0.25) is 5.95 Å². The summed E-state index contributed by atoms with van der Waals surface area (Å²) in [5.41, 5.74) is 2.16. The zero-order valence-electron chi connectivity index (χ0n) is 13.1. The van der Waals surface area contributed by atoms with Crippen molar-refractivity contribution >= 4 is 5.95 Å². The summed E-state index contributed by atoms with van der Waals surface area (Å²) in [6, 6.07) is 8.46. The average Bonchev–Trinajstić information content (AvgIpc) is 2.45. The molecule has 0 spiro atoms. The predicted octanol–water partition coefficient (Wildman–Crippen LogP) is 3.46. The minimum atomic E-state index is 0.0253. The highest BCUT2D eigenvalue weighted by Crippen LogP contribution is 2.19. The molecule has 0 radical (unpaired) electrons. The van der Waals surface area contributed by atoms with Gasteiger partial charge in [-0.1, -0.05) is 36.8 Å². The molecule has 21 heavy (non-hydrogen) atoms. The van der Waals surface area contributed by atoms with Gasteiger partial charge in [0.05, 0.1) is 6.10 Å². The number of ether oxygens (including phenoxy) is 1. The minimum Gasteiger partial charge on any atom is -0.461 e. The Bertz CT molecular complexity index is 581. The zero-order valence-corrected chi connectivity index (χ0v) is 13.1. The monoisotopic (exact) mass is 286 g/mol. The van der Waals surface area contributed by atoms with Gasteiger partial charge < -0.3 is 10.1 Å². The van der Waals surface area contributed by atoms with Crippen LogP contribution in [0.3, 0.4) is 0 Å². The van der Waals surface area contributed by atoms with Crippen LogP contribution in [0.1, 0.15) is 32.8 Å². The number of aromatic nitrogens is 3. The Hall–Kier alpha value is -2.17. The van der Waals surface area contributed by atoms with Gasteiger partial charge in [-0.2, -0.15) is 15.0 Å². The molecule has 0 atom stereocenters. The molecule has 1 aromatic carbocycles. The summed E-state index contributed by atoms with van der Waals surface area (Å²) < 4.78 is 5.62. The van der Waals surface area contributed by atoms with Crippen molar-refractivity contribution in [2.24, 2.45) is 0 Å². The Morgan fingerprint density at radius 3 is 2.43 bits per heavy atom. The van der Waals surface area contributed by atoms with Crippen LogP contribution in [0.25, 0.3) is 11.4 Å². The van der Waals surface area contributed by atoms with Crippen molar-refractivity contribution in [3.63, 3.8) is 0 Å². The molecule has 0 saturated heterocycles. The standard InChI is InChI=1S/C16H22N4O/c1-5-10-17-15-18-14(13-8-6-12(4)7-9-13)19-16(20-15)21-11(2)3/h6-9,11H,5,10H2,1-4H3,(H,17,18,19,20). The highest BCUT2D eigenvalue weighted by atomic mass is 16.5. The number of hydrogen-bond donors (Lipinski definition) is 1. The molecule has 1 heterocycles. The van der Waals surface area contributed by atoms with E-state index in [9.17, 15) is 0 Å². The maximum absolute atomic E-state index is 5.62. The summed E-state index contributed by atoms with van der Waals surface area (Å²) in [5, 5.41) is 3.19. The molecular weight excluding hydrogens is 264 g/mol. The first-order valence-corrected chi connectivity index (χ1v) is 7.32. The summed E-state index contributed by atoms with van der Waals surface area (Å²) in [7, 11) is 0. The van der Waals surface area contributed by atoms with E-state index in [4.69, 9.17) is 4.74 Å². The van der Waals surface area contributed by atoms with Gasteiger partial charge in [-0.15, -0.1) is 0 Å². The molecule has 5 heteroatoms. The van der Waals surface area contributed by atoms with E-state index in [-0.39, 0.29) is 6.10 Å². The van der Waals surface area contributed by atoms with Gasteiger partial charge in [-0.3, -0.25) is 0 Å². The lowest BCUT2D eigenvalue weighted by molar-refractivity contribution is 0.222. The maximum Gasteiger partial charge on any atom is 0.322 e. The fourth-order valence-corrected chi connectivity index (χ4v) is 1.77. The predicted molar refractivity (Wildman–Crippen MR) is 84.5 cm³/mol. The van der Waals surface area contributed by atoms with E-state index in [1.165, 1.54) is 5.56 Å². The van der Waals surface area contributed by atoms with Gasteiger partial charge in [-0.25, -0.2) is 0 Å². The number of rotatable bonds is 6. The minimum absolute atomic E-state index is 0.0253. The second-order valence-electron chi connectivity index (χ2n) is 5.22. The van der Waals surface area contributed by atoms with Gasteiger partial charge in [0, 0.05) is 12.1 Å². The molecule has 0 saturated carbocycles. The fourth-order valence-electron chi connectivity index (χ4n) is 1.77. The molecule has 0 fully saturated rings. The van der Waals surface area contributed by atoms with Crippen molar-refractivity contribution in [3.8, 4) is 17.4 Å². The van der Waals surface area contributed by atoms with E-state index in [1.54, 1.807) is 0 Å². The summed E-state index contributed by atoms with van der Waals surface area (Å²) in [4.78, 5) is 13.2. The maximum atomic E-state index is 5.62. The number of hydrogen-bond acceptors (Lipinski definition) is 5. The largest absolute Gasteiger partial charge is 0.461 e. The molecule has 0 aliphatic carbocycles. The first kappa shape index (κ1) is 15.2. The average molecular weight is 286 g/mol. The lowest BCUT2D eigenvalue weighted by atomic mass is 10.1. The van der Waals surface area contributed by atoms with E-state index in [0.29, 0.717) is 17.8 Å². The van der Waals surface area contributed by atoms with Crippen molar-refractivity contribution in [2.75, 3.05) is 11.9 Å². The number of anilines is 1. The van der Waals surface area contributed by atoms with Crippen LogP contribution in [0, 0.1) is 6.92 Å². The lowest BCUT2D eigenvalue weighted by Gasteiger charge is -2.11. The topological polar surface area (TPSA) is 59.9 Å². The van der Waals surface area contributed by atoms with Crippen LogP contribution in [-0.2, 0) is 0 Å². The summed E-state index contributed by atoms with van der Waals surface area (Å²) in [5.74, 6) is 1.18. The Morgan fingerprint density at radius 1 is 1.10 bits per heavy atom. The molecule has 1 N–H and O–H groups in total. The Kier molecular flexibility index (Phi) is 5.09. The van der Waals surface area contributed by atoms with Crippen LogP contribution >= 0.6 is 0 Å². The van der Waals surface area contributed by atoms with Gasteiger partial charge in [0.25, 0.3) is 0 Å². The molecule has 5 nitrogen and oxygen atoms in total. The second kappa shape index (κ2) is 7.02. The number of benzene rings is 1. The van der Waals surface area contributed by atoms with E-state index in [2.05, 4.69) is 34.1 Å². The zero-order chi connectivity index (χ0) is 15.2. The Balaban J connectivity index is 2.36. The molecule has 1 aromatic heterocycles. The molecule has 0 aliphatic heterocycles. The number of nitrogens with zero attached hydrogens (tertiary/aromatic N) is 3. The van der Waals surface area contributed by atoms with Crippen LogP contribution in [0.2, 0.25) is 0 Å². The number of aryl methyl sites for hydroxylation is 1. The quantitative estimate of drug-likeness (QED) is 0.881. The van der Waals surface area contributed by atoms with Crippen molar-refractivity contribution < 1.29 is 4.74 Å². The molecule has 0 unspecified atom stereocenters. The Morgan fingerprint density at radius 2 is 1.81 bits per heavy atom. The van der Waals surface area contributed by atoms with Crippen LogP contribution in [0.4, 0.5) is 5.95 Å². The van der Waals surface area contributed by atoms with Crippen molar-refractivity contribution in [1.82, 2.24) is 15.0 Å². The van der Waals surface area contributed by atoms with Crippen LogP contribution in [0.15, 0.2) is 24.3 Å². The van der Waals surface area contributed by atoms with Crippen LogP contribution in [-0.4, -0.2) is 27.6 Å². The van der Waals surface area contributed by atoms with Crippen LogP contribution < -0.4 is 10.1 Å². The summed E-state index contributed by atoms with van der Waals surface area (Å²) >= 11 is 0. The Labute approximate surface area is 125 Å². The smallest absolute Gasteiger partial charge is 0.322 e. The van der Waals surface area contributed by atoms with E-state index < -0.39 is 0 Å². The molecule has 0 amide bonds. The first-order chi connectivity index (χ1) is 10.1. The molecule has 2 rings (SSSR count). The van der Waals surface area contributed by atoms with Crippen LogP contribution in [0.5, 0.6) is 6.01 Å². The molecule has 112 valence electrons. The highest BCUT2D eigenvalue weighted by molar-refractivity contribution is 5.57. The van der Waals surface area contributed by atoms with Gasteiger partial charge >= 0.3 is 6.01 Å². The van der Waals surface area contributed by atoms with Crippen molar-refractivity contribution in [1.29, 1.82) is 0 Å². The number of nitrogens with one attached hydrogen (secondary N) is 1. The van der Waals surface area contributed by atoms with E-state index in [1.807, 2.05) is 38.1 Å². The molecule has 0 bridgehead atoms. The first-order valence-electron chi connectivity index (χ1n) is 7.32. The van der Waals surface area contributed by atoms with Gasteiger partial charge in [0.15, 0.2) is 5.82 Å².